The van der Waals surface area contributed by atoms with Crippen molar-refractivity contribution in [2.45, 2.75) is 26.4 Å². The Morgan fingerprint density at radius 1 is 1.05 bits per heavy atom. The van der Waals surface area contributed by atoms with Gasteiger partial charge in [0.15, 0.2) is 0 Å². The number of hydrogen-bond donors (Lipinski definition) is 2. The summed E-state index contributed by atoms with van der Waals surface area (Å²) in [6.45, 7) is 5.88. The van der Waals surface area contributed by atoms with E-state index in [1.54, 1.807) is 0 Å². The fourth-order valence-corrected chi connectivity index (χ4v) is 3.02. The second-order valence-corrected chi connectivity index (χ2v) is 6.22. The van der Waals surface area contributed by atoms with Crippen molar-refractivity contribution in [3.8, 4) is 0 Å². The Morgan fingerprint density at radius 2 is 1.71 bits per heavy atom. The predicted octanol–water partition coefficient (Wildman–Crippen LogP) is 3.26. The van der Waals surface area contributed by atoms with Crippen LogP contribution in [0.4, 0.5) is 5.69 Å². The first-order chi connectivity index (χ1) is 9.87. The van der Waals surface area contributed by atoms with Crippen molar-refractivity contribution < 1.29 is 5.11 Å². The molecule has 0 bridgehead atoms. The lowest BCUT2D eigenvalue weighted by Gasteiger charge is -2.46. The van der Waals surface area contributed by atoms with Crippen LogP contribution in [0.1, 0.15) is 30.5 Å². The van der Waals surface area contributed by atoms with Gasteiger partial charge >= 0.3 is 0 Å². The maximum atomic E-state index is 11.7. The van der Waals surface area contributed by atoms with Crippen molar-refractivity contribution in [1.82, 2.24) is 0 Å². The van der Waals surface area contributed by atoms with Gasteiger partial charge in [-0.05, 0) is 32.4 Å². The number of hydrogen-bond acceptors (Lipinski definition) is 3. The minimum Gasteiger partial charge on any atom is -0.387 e. The predicted molar refractivity (Wildman–Crippen MR) is 85.7 cm³/mol. The number of aliphatic hydroxyl groups is 1. The number of benzene rings is 2. The van der Waals surface area contributed by atoms with Crippen LogP contribution in [0.15, 0.2) is 53.5 Å². The first-order valence-corrected chi connectivity index (χ1v) is 7.11. The molecule has 1 heterocycles. The second-order valence-electron chi connectivity index (χ2n) is 6.22. The highest BCUT2D eigenvalue weighted by molar-refractivity contribution is 5.93. The average molecular weight is 280 g/mol. The standard InChI is InChI=1S/C18H20N2O/c1-12-9-10-15-14(11-12)18(21,13-7-5-4-6-8-13)17(2,3)16(19)20-15/h4-11,21H,1-3H3,(H2,19,20). The van der Waals surface area contributed by atoms with Gasteiger partial charge in [0.1, 0.15) is 11.4 Å². The van der Waals surface area contributed by atoms with Crippen molar-refractivity contribution >= 4 is 11.5 Å². The van der Waals surface area contributed by atoms with E-state index in [0.717, 1.165) is 22.4 Å². The van der Waals surface area contributed by atoms with Crippen molar-refractivity contribution in [2.24, 2.45) is 16.1 Å². The van der Waals surface area contributed by atoms with E-state index in [1.807, 2.05) is 69.3 Å². The molecule has 3 rings (SSSR count). The molecular formula is C18H20N2O. The van der Waals surface area contributed by atoms with Gasteiger partial charge in [0.25, 0.3) is 0 Å². The zero-order valence-corrected chi connectivity index (χ0v) is 12.6. The van der Waals surface area contributed by atoms with E-state index < -0.39 is 11.0 Å². The summed E-state index contributed by atoms with van der Waals surface area (Å²) < 4.78 is 0. The van der Waals surface area contributed by atoms with E-state index >= 15 is 0 Å². The van der Waals surface area contributed by atoms with E-state index in [4.69, 9.17) is 5.73 Å². The van der Waals surface area contributed by atoms with E-state index in [2.05, 4.69) is 4.99 Å². The fraction of sp³-hybridized carbons (Fsp3) is 0.278. The van der Waals surface area contributed by atoms with E-state index in [-0.39, 0.29) is 0 Å². The fourth-order valence-electron chi connectivity index (χ4n) is 3.02. The average Bonchev–Trinajstić information content (AvgIpc) is 2.47. The Kier molecular flexibility index (Phi) is 2.92. The molecule has 0 radical (unpaired) electrons. The zero-order valence-electron chi connectivity index (χ0n) is 12.6. The third kappa shape index (κ3) is 1.81. The van der Waals surface area contributed by atoms with Gasteiger partial charge in [-0.15, -0.1) is 0 Å². The number of aliphatic imine (C=N–C) groups is 1. The van der Waals surface area contributed by atoms with Gasteiger partial charge in [-0.1, -0.05) is 48.0 Å². The van der Waals surface area contributed by atoms with Crippen molar-refractivity contribution in [3.63, 3.8) is 0 Å². The molecular weight excluding hydrogens is 260 g/mol. The molecule has 2 aromatic rings. The smallest absolute Gasteiger partial charge is 0.129 e. The van der Waals surface area contributed by atoms with Crippen LogP contribution >= 0.6 is 0 Å². The molecule has 0 saturated carbocycles. The SMILES string of the molecule is Cc1ccc2c(c1)C(O)(c1ccccc1)C(C)(C)C(N)=N2. The molecule has 3 heteroatoms. The molecule has 108 valence electrons. The quantitative estimate of drug-likeness (QED) is 0.842. The van der Waals surface area contributed by atoms with Crippen LogP contribution < -0.4 is 5.73 Å². The minimum absolute atomic E-state index is 0.449. The molecule has 0 amide bonds. The van der Waals surface area contributed by atoms with Gasteiger partial charge in [0.2, 0.25) is 0 Å². The minimum atomic E-state index is -1.19. The van der Waals surface area contributed by atoms with Crippen LogP contribution in [-0.2, 0) is 5.60 Å². The van der Waals surface area contributed by atoms with Gasteiger partial charge in [0.05, 0.1) is 11.1 Å². The molecule has 3 nitrogen and oxygen atoms in total. The Balaban J connectivity index is 2.37. The summed E-state index contributed by atoms with van der Waals surface area (Å²) in [4.78, 5) is 4.50. The molecule has 1 aliphatic heterocycles. The number of fused-ring (bicyclic) bond motifs is 1. The first-order valence-electron chi connectivity index (χ1n) is 7.11. The zero-order chi connectivity index (χ0) is 15.3. The highest BCUT2D eigenvalue weighted by Crippen LogP contribution is 2.51. The summed E-state index contributed by atoms with van der Waals surface area (Å²) in [5, 5.41) is 11.7. The number of amidine groups is 1. The third-order valence-corrected chi connectivity index (χ3v) is 4.52. The van der Waals surface area contributed by atoms with Crippen molar-refractivity contribution in [3.05, 3.63) is 65.2 Å². The number of aryl methyl sites for hydroxylation is 1. The van der Waals surface area contributed by atoms with Crippen molar-refractivity contribution in [1.29, 1.82) is 0 Å². The molecule has 0 saturated heterocycles. The normalized spacial score (nSPS) is 23.3. The molecule has 3 N–H and O–H groups in total. The van der Waals surface area contributed by atoms with E-state index in [0.29, 0.717) is 5.84 Å². The van der Waals surface area contributed by atoms with Crippen LogP contribution in [0.5, 0.6) is 0 Å². The number of nitrogens with two attached hydrogens (primary N) is 1. The van der Waals surface area contributed by atoms with Crippen molar-refractivity contribution in [2.75, 3.05) is 0 Å². The molecule has 0 spiro atoms. The maximum Gasteiger partial charge on any atom is 0.129 e. The Labute approximate surface area is 125 Å². The maximum absolute atomic E-state index is 11.7. The lowest BCUT2D eigenvalue weighted by molar-refractivity contribution is -0.000433. The molecule has 1 atom stereocenters. The molecule has 0 fully saturated rings. The van der Waals surface area contributed by atoms with Gasteiger partial charge in [-0.2, -0.15) is 0 Å². The van der Waals surface area contributed by atoms with E-state index in [9.17, 15) is 5.11 Å². The lowest BCUT2D eigenvalue weighted by atomic mass is 9.64. The molecule has 0 aromatic heterocycles. The summed E-state index contributed by atoms with van der Waals surface area (Å²) in [6.07, 6.45) is 0. The second kappa shape index (κ2) is 4.43. The molecule has 1 unspecified atom stereocenters. The van der Waals surface area contributed by atoms with Gasteiger partial charge in [-0.25, -0.2) is 4.99 Å². The monoisotopic (exact) mass is 280 g/mol. The van der Waals surface area contributed by atoms with Gasteiger partial charge in [-0.3, -0.25) is 0 Å². The number of nitrogens with zero attached hydrogens (tertiary/aromatic N) is 1. The van der Waals surface area contributed by atoms with Gasteiger partial charge < -0.3 is 10.8 Å². The highest BCUT2D eigenvalue weighted by atomic mass is 16.3. The topological polar surface area (TPSA) is 58.6 Å². The third-order valence-electron chi connectivity index (χ3n) is 4.52. The molecule has 0 aliphatic carbocycles. The van der Waals surface area contributed by atoms with Crippen LogP contribution in [-0.4, -0.2) is 10.9 Å². The Hall–Kier alpha value is -2.13. The number of rotatable bonds is 1. The summed E-state index contributed by atoms with van der Waals surface area (Å²) in [5.41, 5.74) is 7.77. The summed E-state index contributed by atoms with van der Waals surface area (Å²) in [7, 11) is 0. The lowest BCUT2D eigenvalue weighted by Crippen LogP contribution is -2.52. The van der Waals surface area contributed by atoms with Crippen LogP contribution in [0.25, 0.3) is 0 Å². The van der Waals surface area contributed by atoms with Crippen LogP contribution in [0.2, 0.25) is 0 Å². The Bertz CT molecular complexity index is 719. The van der Waals surface area contributed by atoms with Crippen LogP contribution in [0, 0.1) is 12.3 Å². The first kappa shape index (κ1) is 13.8. The van der Waals surface area contributed by atoms with E-state index in [1.165, 1.54) is 0 Å². The summed E-state index contributed by atoms with van der Waals surface area (Å²) >= 11 is 0. The molecule has 2 aromatic carbocycles. The summed E-state index contributed by atoms with van der Waals surface area (Å²) in [5.74, 6) is 0.449. The highest BCUT2D eigenvalue weighted by Gasteiger charge is 2.52. The Morgan fingerprint density at radius 3 is 2.38 bits per heavy atom. The largest absolute Gasteiger partial charge is 0.387 e. The van der Waals surface area contributed by atoms with Crippen LogP contribution in [0.3, 0.4) is 0 Å². The van der Waals surface area contributed by atoms with Gasteiger partial charge in [0, 0.05) is 5.56 Å². The summed E-state index contributed by atoms with van der Waals surface area (Å²) in [6, 6.07) is 15.6. The molecule has 1 aliphatic rings. The molecule has 21 heavy (non-hydrogen) atoms.